The van der Waals surface area contributed by atoms with Gasteiger partial charge in [-0.2, -0.15) is 9.64 Å². The molecule has 0 aliphatic carbocycles. The summed E-state index contributed by atoms with van der Waals surface area (Å²) >= 11 is 1.35. The Hall–Kier alpha value is -1.08. The molecule has 0 amide bonds. The fourth-order valence-electron chi connectivity index (χ4n) is 0.862. The lowest BCUT2D eigenvalue weighted by Crippen LogP contribution is -2.09. The number of aryl methyl sites for hydroxylation is 1. The Morgan fingerprint density at radius 3 is 2.75 bits per heavy atom. The molecule has 0 aliphatic heterocycles. The number of nitrogens with zero attached hydrogens (tertiary/aromatic N) is 2. The van der Waals surface area contributed by atoms with Crippen LogP contribution < -0.4 is 5.32 Å². The average molecular weight is 181 g/mol. The van der Waals surface area contributed by atoms with Crippen molar-refractivity contribution < 1.29 is 0 Å². The highest BCUT2D eigenvalue weighted by Gasteiger charge is 2.09. The zero-order valence-electron chi connectivity index (χ0n) is 7.38. The molecular formula is C8H11N3S. The Bertz CT molecular complexity index is 309. The van der Waals surface area contributed by atoms with Gasteiger partial charge in [0.2, 0.25) is 0 Å². The molecule has 64 valence electrons. The minimum atomic E-state index is 0.344. The highest BCUT2D eigenvalue weighted by molar-refractivity contribution is 7.10. The lowest BCUT2D eigenvalue weighted by molar-refractivity contribution is 0.903. The summed E-state index contributed by atoms with van der Waals surface area (Å²) in [7, 11) is 0. The minimum absolute atomic E-state index is 0.344. The van der Waals surface area contributed by atoms with Gasteiger partial charge in [-0.25, -0.2) is 0 Å². The Balaban J connectivity index is 2.94. The van der Waals surface area contributed by atoms with Gasteiger partial charge in [-0.15, -0.1) is 0 Å². The summed E-state index contributed by atoms with van der Waals surface area (Å²) in [5.74, 6) is 0. The van der Waals surface area contributed by atoms with Crippen molar-refractivity contribution in [1.82, 2.24) is 4.37 Å². The van der Waals surface area contributed by atoms with Crippen molar-refractivity contribution in [3.05, 3.63) is 11.3 Å². The van der Waals surface area contributed by atoms with Crippen molar-refractivity contribution in [2.45, 2.75) is 26.8 Å². The predicted octanol–water partition coefficient (Wildman–Crippen LogP) is 2.14. The quantitative estimate of drug-likeness (QED) is 0.760. The van der Waals surface area contributed by atoms with E-state index < -0.39 is 0 Å². The molecule has 0 saturated heterocycles. The number of aromatic nitrogens is 1. The van der Waals surface area contributed by atoms with E-state index in [4.69, 9.17) is 5.26 Å². The molecule has 3 nitrogen and oxygen atoms in total. The number of nitriles is 1. The largest absolute Gasteiger partial charge is 0.372 e. The van der Waals surface area contributed by atoms with Crippen LogP contribution in [-0.2, 0) is 0 Å². The van der Waals surface area contributed by atoms with Gasteiger partial charge in [0.1, 0.15) is 16.6 Å². The van der Waals surface area contributed by atoms with Gasteiger partial charge < -0.3 is 5.32 Å². The van der Waals surface area contributed by atoms with Crippen LogP contribution in [0, 0.1) is 18.3 Å². The number of hydrogen-bond donors (Lipinski definition) is 1. The van der Waals surface area contributed by atoms with Crippen LogP contribution in [0.15, 0.2) is 0 Å². The fourth-order valence-corrected chi connectivity index (χ4v) is 1.75. The first kappa shape index (κ1) is 9.01. The summed E-state index contributed by atoms with van der Waals surface area (Å²) in [5.41, 5.74) is 1.49. The predicted molar refractivity (Wildman–Crippen MR) is 50.3 cm³/mol. The number of nitrogens with one attached hydrogen (secondary N) is 1. The summed E-state index contributed by atoms with van der Waals surface area (Å²) in [5, 5.41) is 12.8. The van der Waals surface area contributed by atoms with E-state index in [9.17, 15) is 0 Å². The Morgan fingerprint density at radius 1 is 1.58 bits per heavy atom. The van der Waals surface area contributed by atoms with E-state index in [1.807, 2.05) is 20.8 Å². The number of anilines is 1. The Kier molecular flexibility index (Phi) is 2.66. The maximum Gasteiger partial charge on any atom is 0.127 e. The molecule has 1 aromatic heterocycles. The van der Waals surface area contributed by atoms with Gasteiger partial charge in [0, 0.05) is 6.04 Å². The highest BCUT2D eigenvalue weighted by atomic mass is 32.1. The first-order valence-corrected chi connectivity index (χ1v) is 4.55. The van der Waals surface area contributed by atoms with Crippen LogP contribution >= 0.6 is 11.5 Å². The van der Waals surface area contributed by atoms with E-state index in [0.717, 1.165) is 10.7 Å². The van der Waals surface area contributed by atoms with Gasteiger partial charge in [0.25, 0.3) is 0 Å². The molecule has 0 saturated carbocycles. The number of hydrogen-bond acceptors (Lipinski definition) is 4. The molecule has 1 aromatic rings. The van der Waals surface area contributed by atoms with Crippen molar-refractivity contribution in [1.29, 1.82) is 5.26 Å². The van der Waals surface area contributed by atoms with Crippen LogP contribution in [0.3, 0.4) is 0 Å². The number of rotatable bonds is 2. The molecule has 0 aromatic carbocycles. The van der Waals surface area contributed by atoms with Crippen molar-refractivity contribution in [2.75, 3.05) is 5.32 Å². The molecular weight excluding hydrogens is 170 g/mol. The third-order valence-electron chi connectivity index (χ3n) is 1.39. The fraction of sp³-hybridized carbons (Fsp3) is 0.500. The van der Waals surface area contributed by atoms with E-state index in [1.54, 1.807) is 0 Å². The summed E-state index contributed by atoms with van der Waals surface area (Å²) < 4.78 is 4.10. The monoisotopic (exact) mass is 181 g/mol. The molecule has 4 heteroatoms. The second kappa shape index (κ2) is 3.55. The van der Waals surface area contributed by atoms with Crippen molar-refractivity contribution in [2.24, 2.45) is 0 Å². The van der Waals surface area contributed by atoms with Crippen molar-refractivity contribution in [3.63, 3.8) is 0 Å². The summed E-state index contributed by atoms with van der Waals surface area (Å²) in [4.78, 5) is 0. The second-order valence-electron chi connectivity index (χ2n) is 2.88. The maximum absolute atomic E-state index is 8.78. The van der Waals surface area contributed by atoms with Gasteiger partial charge in [-0.05, 0) is 32.3 Å². The summed E-state index contributed by atoms with van der Waals surface area (Å²) in [6.45, 7) is 5.92. The molecule has 1 N–H and O–H groups in total. The van der Waals surface area contributed by atoms with Crippen LogP contribution in [0.25, 0.3) is 0 Å². The van der Waals surface area contributed by atoms with E-state index in [0.29, 0.717) is 11.6 Å². The van der Waals surface area contributed by atoms with Crippen LogP contribution in [-0.4, -0.2) is 10.4 Å². The highest BCUT2D eigenvalue weighted by Crippen LogP contribution is 2.23. The Labute approximate surface area is 76.2 Å². The molecule has 0 spiro atoms. The summed E-state index contributed by atoms with van der Waals surface area (Å²) in [6, 6.07) is 2.48. The van der Waals surface area contributed by atoms with Crippen molar-refractivity contribution in [3.8, 4) is 6.07 Å². The second-order valence-corrected chi connectivity index (χ2v) is 3.66. The van der Waals surface area contributed by atoms with Gasteiger partial charge in [-0.3, -0.25) is 0 Å². The van der Waals surface area contributed by atoms with Crippen molar-refractivity contribution >= 4 is 16.5 Å². The maximum atomic E-state index is 8.78. The lowest BCUT2D eigenvalue weighted by atomic mass is 10.2. The standard InChI is InChI=1S/C8H11N3S/c1-5(2)10-8-7(4-9)6(3)11-12-8/h5,10H,1-3H3. The average Bonchev–Trinajstić information content (AvgIpc) is 2.30. The normalized spacial score (nSPS) is 9.92. The topological polar surface area (TPSA) is 48.7 Å². The third-order valence-corrected chi connectivity index (χ3v) is 2.26. The first-order chi connectivity index (χ1) is 5.65. The zero-order chi connectivity index (χ0) is 9.14. The molecule has 0 bridgehead atoms. The molecule has 1 heterocycles. The first-order valence-electron chi connectivity index (χ1n) is 3.78. The van der Waals surface area contributed by atoms with Gasteiger partial charge in [-0.1, -0.05) is 0 Å². The summed E-state index contributed by atoms with van der Waals surface area (Å²) in [6.07, 6.45) is 0. The molecule has 0 unspecified atom stereocenters. The van der Waals surface area contributed by atoms with E-state index >= 15 is 0 Å². The van der Waals surface area contributed by atoms with Gasteiger partial charge in [0.15, 0.2) is 0 Å². The van der Waals surface area contributed by atoms with Crippen LogP contribution in [0.2, 0.25) is 0 Å². The van der Waals surface area contributed by atoms with E-state index in [2.05, 4.69) is 15.8 Å². The van der Waals surface area contributed by atoms with E-state index in [1.165, 1.54) is 11.5 Å². The molecule has 0 radical (unpaired) electrons. The van der Waals surface area contributed by atoms with Gasteiger partial charge in [0.05, 0.1) is 5.69 Å². The lowest BCUT2D eigenvalue weighted by Gasteiger charge is -2.05. The SMILES string of the molecule is Cc1nsc(NC(C)C)c1C#N. The third kappa shape index (κ3) is 1.74. The smallest absolute Gasteiger partial charge is 0.127 e. The zero-order valence-corrected chi connectivity index (χ0v) is 8.20. The van der Waals surface area contributed by atoms with Crippen LogP contribution in [0.1, 0.15) is 25.1 Å². The molecule has 0 aliphatic rings. The molecule has 0 fully saturated rings. The Morgan fingerprint density at radius 2 is 2.25 bits per heavy atom. The van der Waals surface area contributed by atoms with Crippen LogP contribution in [0.4, 0.5) is 5.00 Å². The minimum Gasteiger partial charge on any atom is -0.372 e. The van der Waals surface area contributed by atoms with Crippen LogP contribution in [0.5, 0.6) is 0 Å². The molecule has 1 rings (SSSR count). The van der Waals surface area contributed by atoms with E-state index in [-0.39, 0.29) is 0 Å². The van der Waals surface area contributed by atoms with Gasteiger partial charge >= 0.3 is 0 Å². The molecule has 12 heavy (non-hydrogen) atoms. The molecule has 0 atom stereocenters.